The van der Waals surface area contributed by atoms with E-state index in [-0.39, 0.29) is 18.6 Å². The van der Waals surface area contributed by atoms with Gasteiger partial charge in [-0.15, -0.1) is 0 Å². The fraction of sp³-hybridized carbons (Fsp3) is 0.526. The summed E-state index contributed by atoms with van der Waals surface area (Å²) in [6.07, 6.45) is 5.19. The monoisotopic (exact) mass is 358 g/mol. The predicted molar refractivity (Wildman–Crippen MR) is 97.0 cm³/mol. The van der Waals surface area contributed by atoms with Gasteiger partial charge in [0.2, 0.25) is 0 Å². The van der Waals surface area contributed by atoms with Crippen LogP contribution in [0.3, 0.4) is 0 Å². The standard InChI is InChI=1S/C19H26N4O3/c1-3-17-18(7-6-15(2)21-17)26-14-19(24)22-9-5-11-25-16(12-22)13-23-10-4-8-20-23/h4,6-8,10,16H,3,5,9,11-14H2,1-2H3/t16-/m1/s1. The van der Waals surface area contributed by atoms with Gasteiger partial charge in [-0.1, -0.05) is 6.92 Å². The van der Waals surface area contributed by atoms with E-state index in [1.54, 1.807) is 6.20 Å². The van der Waals surface area contributed by atoms with Gasteiger partial charge in [-0.05, 0) is 38.0 Å². The SMILES string of the molecule is CCc1nc(C)ccc1OCC(=O)N1CCCO[C@@H](Cn2cccn2)C1. The highest BCUT2D eigenvalue weighted by atomic mass is 16.5. The molecule has 0 bridgehead atoms. The van der Waals surface area contributed by atoms with E-state index in [0.717, 1.165) is 24.2 Å². The Balaban J connectivity index is 1.57. The van der Waals surface area contributed by atoms with Crippen molar-refractivity contribution in [2.24, 2.45) is 0 Å². The molecule has 7 heteroatoms. The number of carbonyl (C=O) groups is 1. The number of aromatic nitrogens is 3. The molecular weight excluding hydrogens is 332 g/mol. The van der Waals surface area contributed by atoms with Crippen molar-refractivity contribution in [3.8, 4) is 5.75 Å². The van der Waals surface area contributed by atoms with Crippen LogP contribution >= 0.6 is 0 Å². The van der Waals surface area contributed by atoms with Gasteiger partial charge in [0.05, 0.1) is 18.3 Å². The molecule has 0 unspecified atom stereocenters. The number of nitrogens with zero attached hydrogens (tertiary/aromatic N) is 4. The van der Waals surface area contributed by atoms with Crippen LogP contribution in [0.15, 0.2) is 30.6 Å². The highest BCUT2D eigenvalue weighted by molar-refractivity contribution is 5.77. The first-order valence-electron chi connectivity index (χ1n) is 9.12. The van der Waals surface area contributed by atoms with Crippen LogP contribution < -0.4 is 4.74 Å². The van der Waals surface area contributed by atoms with Gasteiger partial charge in [0.15, 0.2) is 6.61 Å². The molecule has 0 N–H and O–H groups in total. The number of aryl methyl sites for hydroxylation is 2. The molecule has 0 aromatic carbocycles. The zero-order chi connectivity index (χ0) is 18.4. The van der Waals surface area contributed by atoms with Crippen LogP contribution in [-0.4, -0.2) is 58.0 Å². The van der Waals surface area contributed by atoms with Crippen molar-refractivity contribution >= 4 is 5.91 Å². The smallest absolute Gasteiger partial charge is 0.260 e. The van der Waals surface area contributed by atoms with Gasteiger partial charge >= 0.3 is 0 Å². The minimum absolute atomic E-state index is 0.0201. The van der Waals surface area contributed by atoms with E-state index in [0.29, 0.717) is 32.0 Å². The zero-order valence-corrected chi connectivity index (χ0v) is 15.4. The summed E-state index contributed by atoms with van der Waals surface area (Å²) < 4.78 is 13.5. The summed E-state index contributed by atoms with van der Waals surface area (Å²) in [6, 6.07) is 5.67. The third kappa shape index (κ3) is 4.82. The number of ether oxygens (including phenoxy) is 2. The molecule has 0 radical (unpaired) electrons. The molecule has 0 spiro atoms. The molecule has 1 amide bonds. The lowest BCUT2D eigenvalue weighted by Gasteiger charge is -2.24. The lowest BCUT2D eigenvalue weighted by atomic mass is 10.2. The average molecular weight is 358 g/mol. The molecule has 2 aromatic rings. The average Bonchev–Trinajstić information content (AvgIpc) is 3.04. The Hall–Kier alpha value is -2.41. The second-order valence-electron chi connectivity index (χ2n) is 6.45. The summed E-state index contributed by atoms with van der Waals surface area (Å²) >= 11 is 0. The van der Waals surface area contributed by atoms with Gasteiger partial charge in [0, 0.05) is 37.8 Å². The number of hydrogen-bond donors (Lipinski definition) is 0. The van der Waals surface area contributed by atoms with E-state index >= 15 is 0 Å². The lowest BCUT2D eigenvalue weighted by Crippen LogP contribution is -2.41. The number of amides is 1. The largest absolute Gasteiger partial charge is 0.482 e. The number of rotatable bonds is 6. The maximum Gasteiger partial charge on any atom is 0.260 e. The molecule has 0 aliphatic carbocycles. The van der Waals surface area contributed by atoms with Gasteiger partial charge in [0.25, 0.3) is 5.91 Å². The Morgan fingerprint density at radius 1 is 1.42 bits per heavy atom. The summed E-state index contributed by atoms with van der Waals surface area (Å²) in [5, 5.41) is 4.21. The Labute approximate surface area is 153 Å². The van der Waals surface area contributed by atoms with Gasteiger partial charge < -0.3 is 14.4 Å². The summed E-state index contributed by atoms with van der Waals surface area (Å²) in [6.45, 7) is 6.52. The Bertz CT molecular complexity index is 718. The van der Waals surface area contributed by atoms with E-state index in [1.165, 1.54) is 0 Å². The topological polar surface area (TPSA) is 69.5 Å². The molecule has 1 fully saturated rings. The molecule has 1 atom stereocenters. The second kappa shape index (κ2) is 8.80. The van der Waals surface area contributed by atoms with Crippen molar-refractivity contribution in [3.63, 3.8) is 0 Å². The number of hydrogen-bond acceptors (Lipinski definition) is 5. The number of pyridine rings is 1. The minimum Gasteiger partial charge on any atom is -0.482 e. The second-order valence-corrected chi connectivity index (χ2v) is 6.45. The molecule has 3 rings (SSSR count). The van der Waals surface area contributed by atoms with Crippen LogP contribution in [0.25, 0.3) is 0 Å². The minimum atomic E-state index is -0.0615. The summed E-state index contributed by atoms with van der Waals surface area (Å²) in [5.74, 6) is 0.661. The van der Waals surface area contributed by atoms with Crippen molar-refractivity contribution < 1.29 is 14.3 Å². The number of carbonyl (C=O) groups excluding carboxylic acids is 1. The summed E-state index contributed by atoms with van der Waals surface area (Å²) in [7, 11) is 0. The predicted octanol–water partition coefficient (Wildman–Crippen LogP) is 1.85. The van der Waals surface area contributed by atoms with Gasteiger partial charge in [0.1, 0.15) is 5.75 Å². The van der Waals surface area contributed by atoms with Gasteiger partial charge in [-0.25, -0.2) is 0 Å². The van der Waals surface area contributed by atoms with E-state index in [2.05, 4.69) is 10.1 Å². The van der Waals surface area contributed by atoms with Crippen molar-refractivity contribution in [2.75, 3.05) is 26.3 Å². The quantitative estimate of drug-likeness (QED) is 0.788. The van der Waals surface area contributed by atoms with Crippen LogP contribution in [0, 0.1) is 6.92 Å². The molecule has 140 valence electrons. The first-order chi connectivity index (χ1) is 12.7. The molecule has 1 saturated heterocycles. The molecule has 0 saturated carbocycles. The molecule has 26 heavy (non-hydrogen) atoms. The van der Waals surface area contributed by atoms with Crippen molar-refractivity contribution in [3.05, 3.63) is 42.0 Å². The Morgan fingerprint density at radius 3 is 3.08 bits per heavy atom. The van der Waals surface area contributed by atoms with E-state index in [1.807, 2.05) is 47.8 Å². The van der Waals surface area contributed by atoms with Gasteiger partial charge in [-0.3, -0.25) is 14.5 Å². The van der Waals surface area contributed by atoms with E-state index < -0.39 is 0 Å². The first-order valence-corrected chi connectivity index (χ1v) is 9.12. The normalized spacial score (nSPS) is 17.8. The third-order valence-corrected chi connectivity index (χ3v) is 4.41. The van der Waals surface area contributed by atoms with Crippen LogP contribution in [0.2, 0.25) is 0 Å². The van der Waals surface area contributed by atoms with Crippen molar-refractivity contribution in [1.82, 2.24) is 19.7 Å². The summed E-state index contributed by atoms with van der Waals surface area (Å²) in [4.78, 5) is 18.9. The van der Waals surface area contributed by atoms with Gasteiger partial charge in [-0.2, -0.15) is 5.10 Å². The Morgan fingerprint density at radius 2 is 2.31 bits per heavy atom. The maximum atomic E-state index is 12.6. The van der Waals surface area contributed by atoms with E-state index in [9.17, 15) is 4.79 Å². The fourth-order valence-corrected chi connectivity index (χ4v) is 3.06. The van der Waals surface area contributed by atoms with E-state index in [4.69, 9.17) is 9.47 Å². The highest BCUT2D eigenvalue weighted by Gasteiger charge is 2.23. The Kier molecular flexibility index (Phi) is 6.22. The fourth-order valence-electron chi connectivity index (χ4n) is 3.06. The third-order valence-electron chi connectivity index (χ3n) is 4.41. The van der Waals surface area contributed by atoms with Crippen LogP contribution in [-0.2, 0) is 22.5 Å². The van der Waals surface area contributed by atoms with Crippen LogP contribution in [0.1, 0.15) is 24.7 Å². The lowest BCUT2D eigenvalue weighted by molar-refractivity contribution is -0.134. The zero-order valence-electron chi connectivity index (χ0n) is 15.4. The molecule has 7 nitrogen and oxygen atoms in total. The molecule has 1 aliphatic rings. The van der Waals surface area contributed by atoms with Crippen LogP contribution in [0.5, 0.6) is 5.75 Å². The highest BCUT2D eigenvalue weighted by Crippen LogP contribution is 2.18. The first kappa shape index (κ1) is 18.4. The molecule has 3 heterocycles. The molecular formula is C19H26N4O3. The maximum absolute atomic E-state index is 12.6. The van der Waals surface area contributed by atoms with Crippen molar-refractivity contribution in [1.29, 1.82) is 0 Å². The van der Waals surface area contributed by atoms with Crippen LogP contribution in [0.4, 0.5) is 0 Å². The van der Waals surface area contributed by atoms with Crippen molar-refractivity contribution in [2.45, 2.75) is 39.3 Å². The molecule has 1 aliphatic heterocycles. The summed E-state index contributed by atoms with van der Waals surface area (Å²) in [5.41, 5.74) is 1.83. The molecule has 2 aromatic heterocycles.